The van der Waals surface area contributed by atoms with Crippen molar-refractivity contribution in [1.29, 1.82) is 0 Å². The molecule has 1 amide bonds. The monoisotopic (exact) mass is 315 g/mol. The van der Waals surface area contributed by atoms with Crippen molar-refractivity contribution in [3.63, 3.8) is 0 Å². The lowest BCUT2D eigenvalue weighted by molar-refractivity contribution is -0.160. The number of hydrogen-bond acceptors (Lipinski definition) is 2. The summed E-state index contributed by atoms with van der Waals surface area (Å²) >= 11 is 0. The fourth-order valence-electron chi connectivity index (χ4n) is 2.53. The summed E-state index contributed by atoms with van der Waals surface area (Å²) in [7, 11) is 0. The van der Waals surface area contributed by atoms with Gasteiger partial charge in [-0.2, -0.15) is 13.2 Å². The molecule has 1 aliphatic rings. The zero-order chi connectivity index (χ0) is 16.4. The first kappa shape index (κ1) is 16.3. The Morgan fingerprint density at radius 1 is 1.23 bits per heavy atom. The van der Waals surface area contributed by atoms with Crippen LogP contribution in [0.15, 0.2) is 30.3 Å². The Bertz CT molecular complexity index is 553. The summed E-state index contributed by atoms with van der Waals surface area (Å²) in [6, 6.07) is 7.14. The standard InChI is InChI=1S/C15H16F3NO3/c16-15(17,18)11(10-5-2-1-3-6-10)9-12(20)19-14(13(21)22)7-4-8-14/h1-3,5-6,11H,4,7-9H2,(H,19,20)(H,21,22). The molecular formula is C15H16F3NO3. The van der Waals surface area contributed by atoms with Crippen molar-refractivity contribution in [1.82, 2.24) is 5.32 Å². The molecule has 1 atom stereocenters. The van der Waals surface area contributed by atoms with Gasteiger partial charge in [0.1, 0.15) is 5.54 Å². The Morgan fingerprint density at radius 2 is 1.82 bits per heavy atom. The minimum atomic E-state index is -4.57. The van der Waals surface area contributed by atoms with Gasteiger partial charge in [0, 0.05) is 6.42 Å². The Morgan fingerprint density at radius 3 is 2.23 bits per heavy atom. The molecule has 1 fully saturated rings. The van der Waals surface area contributed by atoms with Crippen LogP contribution in [0.4, 0.5) is 13.2 Å². The van der Waals surface area contributed by atoms with Gasteiger partial charge in [0.05, 0.1) is 5.92 Å². The van der Waals surface area contributed by atoms with Gasteiger partial charge >= 0.3 is 12.1 Å². The third-order valence-electron chi connectivity index (χ3n) is 3.98. The van der Waals surface area contributed by atoms with Crippen LogP contribution in [0.1, 0.15) is 37.2 Å². The molecule has 0 aliphatic heterocycles. The molecule has 7 heteroatoms. The predicted molar refractivity (Wildman–Crippen MR) is 72.2 cm³/mol. The third kappa shape index (κ3) is 3.40. The van der Waals surface area contributed by atoms with E-state index in [4.69, 9.17) is 5.11 Å². The molecule has 0 bridgehead atoms. The van der Waals surface area contributed by atoms with Crippen molar-refractivity contribution in [3.05, 3.63) is 35.9 Å². The van der Waals surface area contributed by atoms with Crippen LogP contribution in [-0.2, 0) is 9.59 Å². The Kier molecular flexibility index (Phi) is 4.44. The van der Waals surface area contributed by atoms with Gasteiger partial charge in [-0.15, -0.1) is 0 Å². The molecule has 1 aromatic rings. The van der Waals surface area contributed by atoms with Gasteiger partial charge in [-0.05, 0) is 24.8 Å². The highest BCUT2D eigenvalue weighted by atomic mass is 19.4. The van der Waals surface area contributed by atoms with E-state index in [0.717, 1.165) is 0 Å². The van der Waals surface area contributed by atoms with E-state index >= 15 is 0 Å². The zero-order valence-corrected chi connectivity index (χ0v) is 11.7. The average molecular weight is 315 g/mol. The molecule has 1 saturated carbocycles. The number of aliphatic carboxylic acids is 1. The maximum atomic E-state index is 13.2. The van der Waals surface area contributed by atoms with Crippen LogP contribution in [0, 0.1) is 0 Å². The van der Waals surface area contributed by atoms with Crippen LogP contribution in [0.2, 0.25) is 0 Å². The van der Waals surface area contributed by atoms with E-state index in [1.165, 1.54) is 24.3 Å². The van der Waals surface area contributed by atoms with Gasteiger partial charge < -0.3 is 10.4 Å². The number of rotatable bonds is 5. The summed E-state index contributed by atoms with van der Waals surface area (Å²) in [5.74, 6) is -4.04. The summed E-state index contributed by atoms with van der Waals surface area (Å²) in [6.07, 6.45) is -4.27. The molecule has 1 aromatic carbocycles. The summed E-state index contributed by atoms with van der Waals surface area (Å²) < 4.78 is 39.5. The fourth-order valence-corrected chi connectivity index (χ4v) is 2.53. The number of carboxylic acid groups (broad SMARTS) is 1. The van der Waals surface area contributed by atoms with E-state index < -0.39 is 35.9 Å². The van der Waals surface area contributed by atoms with Crippen LogP contribution < -0.4 is 5.32 Å². The minimum absolute atomic E-state index is 0.0110. The van der Waals surface area contributed by atoms with Gasteiger partial charge in [0.25, 0.3) is 0 Å². The topological polar surface area (TPSA) is 66.4 Å². The highest BCUT2D eigenvalue weighted by Gasteiger charge is 2.47. The lowest BCUT2D eigenvalue weighted by Crippen LogP contribution is -2.59. The predicted octanol–water partition coefficient (Wildman–Crippen LogP) is 2.85. The van der Waals surface area contributed by atoms with Gasteiger partial charge in [-0.1, -0.05) is 30.3 Å². The molecule has 2 rings (SSSR count). The molecule has 22 heavy (non-hydrogen) atoms. The third-order valence-corrected chi connectivity index (χ3v) is 3.98. The minimum Gasteiger partial charge on any atom is -0.480 e. The van der Waals surface area contributed by atoms with Crippen molar-refractivity contribution in [2.45, 2.75) is 43.3 Å². The number of alkyl halides is 3. The van der Waals surface area contributed by atoms with Crippen LogP contribution in [0.3, 0.4) is 0 Å². The van der Waals surface area contributed by atoms with Crippen LogP contribution in [-0.4, -0.2) is 28.7 Å². The van der Waals surface area contributed by atoms with E-state index in [9.17, 15) is 22.8 Å². The molecule has 1 unspecified atom stereocenters. The summed E-state index contributed by atoms with van der Waals surface area (Å²) in [4.78, 5) is 23.1. The zero-order valence-electron chi connectivity index (χ0n) is 11.7. The van der Waals surface area contributed by atoms with Crippen molar-refractivity contribution in [2.75, 3.05) is 0 Å². The highest BCUT2D eigenvalue weighted by Crippen LogP contribution is 2.38. The molecule has 120 valence electrons. The summed E-state index contributed by atoms with van der Waals surface area (Å²) in [5.41, 5.74) is -1.41. The first-order valence-corrected chi connectivity index (χ1v) is 6.91. The molecule has 0 aromatic heterocycles. The first-order chi connectivity index (χ1) is 10.2. The van der Waals surface area contributed by atoms with E-state index in [1.54, 1.807) is 6.07 Å². The van der Waals surface area contributed by atoms with Crippen LogP contribution >= 0.6 is 0 Å². The van der Waals surface area contributed by atoms with Gasteiger partial charge in [0.15, 0.2) is 0 Å². The number of hydrogen-bond donors (Lipinski definition) is 2. The van der Waals surface area contributed by atoms with Crippen molar-refractivity contribution in [2.24, 2.45) is 0 Å². The smallest absolute Gasteiger partial charge is 0.396 e. The molecule has 0 heterocycles. The fraction of sp³-hybridized carbons (Fsp3) is 0.467. The normalized spacial score (nSPS) is 18.1. The number of nitrogens with one attached hydrogen (secondary N) is 1. The molecule has 0 radical (unpaired) electrons. The number of carbonyl (C=O) groups excluding carboxylic acids is 1. The molecule has 0 spiro atoms. The molecular weight excluding hydrogens is 299 g/mol. The van der Waals surface area contributed by atoms with Gasteiger partial charge in [0.2, 0.25) is 5.91 Å². The average Bonchev–Trinajstić information content (AvgIpc) is 2.39. The number of carbonyl (C=O) groups is 2. The van der Waals surface area contributed by atoms with Crippen LogP contribution in [0.25, 0.3) is 0 Å². The second kappa shape index (κ2) is 5.98. The molecule has 0 saturated heterocycles. The van der Waals surface area contributed by atoms with Crippen molar-refractivity contribution >= 4 is 11.9 Å². The van der Waals surface area contributed by atoms with Gasteiger partial charge in [-0.3, -0.25) is 4.79 Å². The number of amides is 1. The molecule has 2 N–H and O–H groups in total. The van der Waals surface area contributed by atoms with E-state index in [1.807, 2.05) is 0 Å². The van der Waals surface area contributed by atoms with E-state index in [0.29, 0.717) is 6.42 Å². The quantitative estimate of drug-likeness (QED) is 0.878. The maximum Gasteiger partial charge on any atom is 0.396 e. The second-order valence-corrected chi connectivity index (χ2v) is 5.50. The number of carboxylic acids is 1. The van der Waals surface area contributed by atoms with Crippen LogP contribution in [0.5, 0.6) is 0 Å². The summed E-state index contributed by atoms with van der Waals surface area (Å²) in [6.45, 7) is 0. The Hall–Kier alpha value is -2.05. The number of benzene rings is 1. The van der Waals surface area contributed by atoms with E-state index in [2.05, 4.69) is 5.32 Å². The molecule has 4 nitrogen and oxygen atoms in total. The van der Waals surface area contributed by atoms with Crippen molar-refractivity contribution < 1.29 is 27.9 Å². The Balaban J connectivity index is 2.11. The lowest BCUT2D eigenvalue weighted by atomic mass is 9.76. The molecule has 1 aliphatic carbocycles. The van der Waals surface area contributed by atoms with E-state index in [-0.39, 0.29) is 18.4 Å². The summed E-state index contributed by atoms with van der Waals surface area (Å²) in [5, 5.41) is 11.4. The maximum absolute atomic E-state index is 13.2. The SMILES string of the molecule is O=C(CC(c1ccccc1)C(F)(F)F)NC1(C(=O)O)CCC1. The largest absolute Gasteiger partial charge is 0.480 e. The van der Waals surface area contributed by atoms with Crippen molar-refractivity contribution in [3.8, 4) is 0 Å². The highest BCUT2D eigenvalue weighted by molar-refractivity contribution is 5.88. The second-order valence-electron chi connectivity index (χ2n) is 5.50. The Labute approximate surface area is 125 Å². The lowest BCUT2D eigenvalue weighted by Gasteiger charge is -2.38. The van der Waals surface area contributed by atoms with Gasteiger partial charge in [-0.25, -0.2) is 4.79 Å². The first-order valence-electron chi connectivity index (χ1n) is 6.91. The number of halogens is 3.